The lowest BCUT2D eigenvalue weighted by Crippen LogP contribution is -2.44. The minimum Gasteiger partial charge on any atom is -0.479 e. The number of rotatable bonds is 4. The van der Waals surface area contributed by atoms with Gasteiger partial charge in [0.1, 0.15) is 12.3 Å². The van der Waals surface area contributed by atoms with Gasteiger partial charge in [0, 0.05) is 10.5 Å². The summed E-state index contributed by atoms with van der Waals surface area (Å²) in [6.45, 7) is 1.94. The average molecular weight is 367 g/mol. The predicted octanol–water partition coefficient (Wildman–Crippen LogP) is 3.77. The number of anilines is 1. The van der Waals surface area contributed by atoms with Crippen molar-refractivity contribution < 1.29 is 14.1 Å². The van der Waals surface area contributed by atoms with Crippen molar-refractivity contribution in [2.75, 3.05) is 11.2 Å². The Morgan fingerprint density at radius 3 is 2.69 bits per heavy atom. The number of nitrogens with zero attached hydrogens (tertiary/aromatic N) is 3. The van der Waals surface area contributed by atoms with E-state index in [1.165, 1.54) is 4.90 Å². The molecule has 1 amide bonds. The van der Waals surface area contributed by atoms with Gasteiger partial charge in [-0.3, -0.25) is 9.69 Å². The number of benzene rings is 2. The third kappa shape index (κ3) is 3.06. The standard InChI is InChI=1S/C19H17N3O3S/c1-12-19(23)22(15-5-3-4-6-16(15)24-12)11-17-20-18(21-25-17)13-7-9-14(26-2)10-8-13/h3-10,12H,11H2,1-2H3. The highest BCUT2D eigenvalue weighted by Gasteiger charge is 2.32. The van der Waals surface area contributed by atoms with Crippen LogP contribution in [0.1, 0.15) is 12.8 Å². The van der Waals surface area contributed by atoms with Crippen LogP contribution in [0.3, 0.4) is 0 Å². The number of amides is 1. The van der Waals surface area contributed by atoms with Gasteiger partial charge in [0.25, 0.3) is 5.91 Å². The smallest absolute Gasteiger partial charge is 0.268 e. The Balaban J connectivity index is 1.59. The molecular weight excluding hydrogens is 350 g/mol. The molecule has 0 N–H and O–H groups in total. The number of carbonyl (C=O) groups excluding carboxylic acids is 1. The maximum atomic E-state index is 12.5. The van der Waals surface area contributed by atoms with Crippen LogP contribution in [-0.2, 0) is 11.3 Å². The summed E-state index contributed by atoms with van der Waals surface area (Å²) in [5.74, 6) is 1.43. The van der Waals surface area contributed by atoms with Crippen molar-refractivity contribution in [2.45, 2.75) is 24.5 Å². The molecule has 3 aromatic rings. The Labute approximate surface area is 155 Å². The first kappa shape index (κ1) is 16.7. The van der Waals surface area contributed by atoms with Gasteiger partial charge in [0.2, 0.25) is 11.7 Å². The van der Waals surface area contributed by atoms with Crippen LogP contribution < -0.4 is 9.64 Å². The third-order valence-electron chi connectivity index (χ3n) is 4.18. The van der Waals surface area contributed by atoms with Crippen LogP contribution >= 0.6 is 11.8 Å². The molecule has 0 spiro atoms. The average Bonchev–Trinajstić information content (AvgIpc) is 3.14. The molecule has 0 aliphatic carbocycles. The Morgan fingerprint density at radius 2 is 1.92 bits per heavy atom. The molecule has 0 saturated carbocycles. The van der Waals surface area contributed by atoms with E-state index in [2.05, 4.69) is 10.1 Å². The van der Waals surface area contributed by atoms with Gasteiger partial charge in [-0.1, -0.05) is 17.3 Å². The molecule has 1 aliphatic heterocycles. The summed E-state index contributed by atoms with van der Waals surface area (Å²) in [5, 5.41) is 4.05. The molecule has 2 aromatic carbocycles. The molecule has 0 radical (unpaired) electrons. The molecule has 26 heavy (non-hydrogen) atoms. The van der Waals surface area contributed by atoms with Gasteiger partial charge in [-0.25, -0.2) is 0 Å². The normalized spacial score (nSPS) is 16.3. The molecule has 2 heterocycles. The van der Waals surface area contributed by atoms with Gasteiger partial charge in [-0.15, -0.1) is 11.8 Å². The lowest BCUT2D eigenvalue weighted by atomic mass is 10.2. The van der Waals surface area contributed by atoms with Crippen LogP contribution in [-0.4, -0.2) is 28.4 Å². The van der Waals surface area contributed by atoms with Gasteiger partial charge in [-0.05, 0) is 49.6 Å². The molecule has 0 bridgehead atoms. The van der Waals surface area contributed by atoms with Crippen LogP contribution in [0.25, 0.3) is 11.4 Å². The van der Waals surface area contributed by atoms with Gasteiger partial charge in [0.15, 0.2) is 6.10 Å². The first-order valence-electron chi connectivity index (χ1n) is 8.20. The SMILES string of the molecule is CSc1ccc(-c2noc(CN3C(=O)C(C)Oc4ccccc43)n2)cc1. The summed E-state index contributed by atoms with van der Waals surface area (Å²) in [7, 11) is 0. The first-order valence-corrected chi connectivity index (χ1v) is 9.42. The number of hydrogen-bond acceptors (Lipinski definition) is 6. The fraction of sp³-hybridized carbons (Fsp3) is 0.211. The van der Waals surface area contributed by atoms with Crippen LogP contribution in [0, 0.1) is 0 Å². The summed E-state index contributed by atoms with van der Waals surface area (Å²) >= 11 is 1.67. The number of thioether (sulfide) groups is 1. The molecule has 1 unspecified atom stereocenters. The summed E-state index contributed by atoms with van der Waals surface area (Å²) in [6, 6.07) is 15.4. The van der Waals surface area contributed by atoms with Crippen molar-refractivity contribution in [3.63, 3.8) is 0 Å². The van der Waals surface area contributed by atoms with Gasteiger partial charge < -0.3 is 9.26 Å². The van der Waals surface area contributed by atoms with Crippen LogP contribution in [0.15, 0.2) is 57.9 Å². The summed E-state index contributed by atoms with van der Waals surface area (Å²) in [6.07, 6.45) is 1.48. The second-order valence-corrected chi connectivity index (χ2v) is 6.77. The van der Waals surface area contributed by atoms with Crippen LogP contribution in [0.2, 0.25) is 0 Å². The Hall–Kier alpha value is -2.80. The zero-order chi connectivity index (χ0) is 18.1. The van der Waals surface area contributed by atoms with E-state index >= 15 is 0 Å². The zero-order valence-electron chi connectivity index (χ0n) is 14.4. The lowest BCUT2D eigenvalue weighted by molar-refractivity contribution is -0.125. The summed E-state index contributed by atoms with van der Waals surface area (Å²) in [5.41, 5.74) is 1.58. The maximum Gasteiger partial charge on any atom is 0.268 e. The van der Waals surface area contributed by atoms with E-state index in [-0.39, 0.29) is 12.5 Å². The van der Waals surface area contributed by atoms with E-state index in [1.807, 2.05) is 54.8 Å². The molecule has 1 aromatic heterocycles. The van der Waals surface area contributed by atoms with Crippen molar-refractivity contribution in [3.8, 4) is 17.1 Å². The van der Waals surface area contributed by atoms with Crippen LogP contribution in [0.4, 0.5) is 5.69 Å². The number of carbonyl (C=O) groups is 1. The van der Waals surface area contributed by atoms with Crippen molar-refractivity contribution in [2.24, 2.45) is 0 Å². The molecule has 0 saturated heterocycles. The highest BCUT2D eigenvalue weighted by Crippen LogP contribution is 2.34. The summed E-state index contributed by atoms with van der Waals surface area (Å²) < 4.78 is 11.0. The fourth-order valence-corrected chi connectivity index (χ4v) is 3.24. The second kappa shape index (κ2) is 6.84. The number of para-hydroxylation sites is 2. The molecule has 1 atom stereocenters. The van der Waals surface area contributed by atoms with Gasteiger partial charge >= 0.3 is 0 Å². The van der Waals surface area contributed by atoms with Gasteiger partial charge in [-0.2, -0.15) is 4.98 Å². The zero-order valence-corrected chi connectivity index (χ0v) is 15.2. The largest absolute Gasteiger partial charge is 0.479 e. The first-order chi connectivity index (χ1) is 12.7. The monoisotopic (exact) mass is 367 g/mol. The molecular formula is C19H17N3O3S. The predicted molar refractivity (Wildman–Crippen MR) is 99.2 cm³/mol. The number of hydrogen-bond donors (Lipinski definition) is 0. The fourth-order valence-electron chi connectivity index (χ4n) is 2.83. The molecule has 1 aliphatic rings. The van der Waals surface area contributed by atoms with E-state index < -0.39 is 6.10 Å². The minimum atomic E-state index is -0.550. The van der Waals surface area contributed by atoms with Crippen molar-refractivity contribution >= 4 is 23.4 Å². The van der Waals surface area contributed by atoms with E-state index in [4.69, 9.17) is 9.26 Å². The lowest BCUT2D eigenvalue weighted by Gasteiger charge is -2.31. The van der Waals surface area contributed by atoms with Crippen molar-refractivity contribution in [3.05, 3.63) is 54.4 Å². The third-order valence-corrected chi connectivity index (χ3v) is 4.93. The van der Waals surface area contributed by atoms with Crippen molar-refractivity contribution in [1.29, 1.82) is 0 Å². The maximum absolute atomic E-state index is 12.5. The Bertz CT molecular complexity index is 939. The van der Waals surface area contributed by atoms with E-state index in [0.717, 1.165) is 5.56 Å². The van der Waals surface area contributed by atoms with E-state index in [0.29, 0.717) is 23.2 Å². The second-order valence-electron chi connectivity index (χ2n) is 5.89. The number of aromatic nitrogens is 2. The van der Waals surface area contributed by atoms with Gasteiger partial charge in [0.05, 0.1) is 5.69 Å². The molecule has 4 rings (SSSR count). The number of ether oxygens (including phenoxy) is 1. The van der Waals surface area contributed by atoms with Crippen molar-refractivity contribution in [1.82, 2.24) is 10.1 Å². The molecule has 6 nitrogen and oxygen atoms in total. The van der Waals surface area contributed by atoms with E-state index in [1.54, 1.807) is 23.6 Å². The molecule has 7 heteroatoms. The van der Waals surface area contributed by atoms with Crippen LogP contribution in [0.5, 0.6) is 5.75 Å². The highest BCUT2D eigenvalue weighted by atomic mass is 32.2. The quantitative estimate of drug-likeness (QED) is 0.654. The highest BCUT2D eigenvalue weighted by molar-refractivity contribution is 7.98. The topological polar surface area (TPSA) is 68.5 Å². The Kier molecular flexibility index (Phi) is 4.38. The summed E-state index contributed by atoms with van der Waals surface area (Å²) in [4.78, 5) is 19.8. The molecule has 0 fully saturated rings. The molecule has 132 valence electrons. The van der Waals surface area contributed by atoms with E-state index in [9.17, 15) is 4.79 Å². The minimum absolute atomic E-state index is 0.132. The Morgan fingerprint density at radius 1 is 1.15 bits per heavy atom. The number of fused-ring (bicyclic) bond motifs is 1.